The van der Waals surface area contributed by atoms with Crippen molar-refractivity contribution in [3.8, 4) is 0 Å². The molecule has 2 N–H and O–H groups in total. The van der Waals surface area contributed by atoms with Crippen molar-refractivity contribution in [1.29, 1.82) is 0 Å². The van der Waals surface area contributed by atoms with Crippen LogP contribution in [0.2, 0.25) is 5.02 Å². The van der Waals surface area contributed by atoms with Crippen molar-refractivity contribution in [2.45, 2.75) is 38.0 Å². The zero-order valence-corrected chi connectivity index (χ0v) is 16.7. The molecule has 6 heteroatoms. The summed E-state index contributed by atoms with van der Waals surface area (Å²) in [5.41, 5.74) is 1.92. The Balaban J connectivity index is 1.35. The number of carbonyl (C=O) groups is 2. The summed E-state index contributed by atoms with van der Waals surface area (Å²) in [5, 5.41) is 6.67. The first-order valence-electron chi connectivity index (χ1n) is 9.85. The van der Waals surface area contributed by atoms with Crippen LogP contribution in [0.25, 0.3) is 6.08 Å². The molecule has 1 saturated carbocycles. The van der Waals surface area contributed by atoms with E-state index in [-0.39, 0.29) is 29.9 Å². The van der Waals surface area contributed by atoms with Gasteiger partial charge in [-0.1, -0.05) is 54.1 Å². The number of ether oxygens (including phenoxy) is 1. The van der Waals surface area contributed by atoms with E-state index in [9.17, 15) is 9.59 Å². The molecule has 1 aliphatic carbocycles. The normalized spacial score (nSPS) is 24.9. The van der Waals surface area contributed by atoms with Gasteiger partial charge in [0.05, 0.1) is 6.04 Å². The van der Waals surface area contributed by atoms with Crippen molar-refractivity contribution in [1.82, 2.24) is 10.6 Å². The molecular formula is C23H23ClN2O3. The standard InChI is InChI=1S/C23H23ClN2O3/c24-18-9-6-15(7-10-18)12-21-23(28)26-19-13-17(8-11-20(19)29-21)22(27)25-14-16-4-2-1-3-5-16/h1-7,9-10,12,17,19-20H,8,11,13-14H2,(H,25,27)(H,26,28)/b21-12-. The SMILES string of the molecule is O=C1NC2CC(C(=O)NCc3ccccc3)CCC2O/C1=C\c1ccc(Cl)cc1. The molecule has 2 aliphatic rings. The Hall–Kier alpha value is -2.79. The summed E-state index contributed by atoms with van der Waals surface area (Å²) in [4.78, 5) is 25.1. The maximum Gasteiger partial charge on any atom is 0.286 e. The molecule has 4 rings (SSSR count). The van der Waals surface area contributed by atoms with Gasteiger partial charge in [-0.3, -0.25) is 9.59 Å². The zero-order valence-electron chi connectivity index (χ0n) is 15.9. The molecule has 3 atom stereocenters. The van der Waals surface area contributed by atoms with Gasteiger partial charge in [0.25, 0.3) is 5.91 Å². The van der Waals surface area contributed by atoms with E-state index in [4.69, 9.17) is 16.3 Å². The zero-order chi connectivity index (χ0) is 20.2. The van der Waals surface area contributed by atoms with Gasteiger partial charge in [-0.15, -0.1) is 0 Å². The number of halogens is 1. The first kappa shape index (κ1) is 19.5. The fourth-order valence-electron chi connectivity index (χ4n) is 3.87. The van der Waals surface area contributed by atoms with E-state index in [1.165, 1.54) is 0 Å². The van der Waals surface area contributed by atoms with Crippen LogP contribution < -0.4 is 10.6 Å². The average Bonchev–Trinajstić information content (AvgIpc) is 2.74. The summed E-state index contributed by atoms with van der Waals surface area (Å²) in [6.07, 6.45) is 3.67. The number of hydrogen-bond acceptors (Lipinski definition) is 3. The quantitative estimate of drug-likeness (QED) is 0.755. The Labute approximate surface area is 175 Å². The van der Waals surface area contributed by atoms with Gasteiger partial charge in [0.15, 0.2) is 5.76 Å². The highest BCUT2D eigenvalue weighted by molar-refractivity contribution is 6.30. The molecule has 3 unspecified atom stereocenters. The van der Waals surface area contributed by atoms with Crippen molar-refractivity contribution in [3.05, 3.63) is 76.5 Å². The first-order valence-corrected chi connectivity index (χ1v) is 10.2. The summed E-state index contributed by atoms with van der Waals surface area (Å²) in [6, 6.07) is 16.9. The average molecular weight is 411 g/mol. The summed E-state index contributed by atoms with van der Waals surface area (Å²) >= 11 is 5.91. The summed E-state index contributed by atoms with van der Waals surface area (Å²) in [6.45, 7) is 0.515. The van der Waals surface area contributed by atoms with E-state index in [0.717, 1.165) is 24.0 Å². The number of carbonyl (C=O) groups excluding carboxylic acids is 2. The van der Waals surface area contributed by atoms with E-state index in [0.29, 0.717) is 23.7 Å². The lowest BCUT2D eigenvalue weighted by Gasteiger charge is -2.39. The second-order valence-electron chi connectivity index (χ2n) is 7.51. The van der Waals surface area contributed by atoms with Crippen LogP contribution in [0.4, 0.5) is 0 Å². The predicted octanol–water partition coefficient (Wildman–Crippen LogP) is 3.68. The molecule has 5 nitrogen and oxygen atoms in total. The molecule has 0 radical (unpaired) electrons. The summed E-state index contributed by atoms with van der Waals surface area (Å²) in [5.74, 6) is -0.0261. The van der Waals surface area contributed by atoms with Crippen molar-refractivity contribution in [2.75, 3.05) is 0 Å². The van der Waals surface area contributed by atoms with E-state index >= 15 is 0 Å². The molecule has 2 fully saturated rings. The van der Waals surface area contributed by atoms with Crippen molar-refractivity contribution in [2.24, 2.45) is 5.92 Å². The van der Waals surface area contributed by atoms with Crippen LogP contribution in [0.3, 0.4) is 0 Å². The van der Waals surface area contributed by atoms with Gasteiger partial charge in [0.1, 0.15) is 6.10 Å². The number of amides is 2. The molecular weight excluding hydrogens is 388 g/mol. The van der Waals surface area contributed by atoms with Crippen LogP contribution in [0.1, 0.15) is 30.4 Å². The number of benzene rings is 2. The number of fused-ring (bicyclic) bond motifs is 1. The summed E-state index contributed by atoms with van der Waals surface area (Å²) in [7, 11) is 0. The molecule has 2 aromatic rings. The van der Waals surface area contributed by atoms with E-state index in [1.807, 2.05) is 42.5 Å². The maximum atomic E-state index is 12.6. The van der Waals surface area contributed by atoms with Crippen LogP contribution in [-0.4, -0.2) is 24.0 Å². The second kappa shape index (κ2) is 8.70. The van der Waals surface area contributed by atoms with Crippen LogP contribution in [0.5, 0.6) is 0 Å². The number of morpholine rings is 1. The Morgan fingerprint density at radius 1 is 1.14 bits per heavy atom. The lowest BCUT2D eigenvalue weighted by atomic mass is 9.82. The van der Waals surface area contributed by atoms with Gasteiger partial charge in [-0.05, 0) is 48.6 Å². The lowest BCUT2D eigenvalue weighted by Crippen LogP contribution is -2.54. The molecule has 150 valence electrons. The Bertz CT molecular complexity index is 911. The first-order chi connectivity index (χ1) is 14.1. The molecule has 0 aromatic heterocycles. The van der Waals surface area contributed by atoms with Crippen LogP contribution in [0, 0.1) is 5.92 Å². The van der Waals surface area contributed by atoms with Gasteiger partial charge in [-0.25, -0.2) is 0 Å². The maximum absolute atomic E-state index is 12.6. The van der Waals surface area contributed by atoms with Crippen LogP contribution in [-0.2, 0) is 20.9 Å². The molecule has 0 spiro atoms. The third kappa shape index (κ3) is 4.80. The minimum Gasteiger partial charge on any atom is -0.483 e. The van der Waals surface area contributed by atoms with Gasteiger partial charge in [0.2, 0.25) is 5.91 Å². The Kier molecular flexibility index (Phi) is 5.86. The molecule has 29 heavy (non-hydrogen) atoms. The summed E-state index contributed by atoms with van der Waals surface area (Å²) < 4.78 is 5.98. The number of rotatable bonds is 4. The third-order valence-corrected chi connectivity index (χ3v) is 5.71. The fourth-order valence-corrected chi connectivity index (χ4v) is 4.00. The number of nitrogens with one attached hydrogen (secondary N) is 2. The van der Waals surface area contributed by atoms with E-state index in [1.54, 1.807) is 18.2 Å². The van der Waals surface area contributed by atoms with Crippen molar-refractivity contribution >= 4 is 29.5 Å². The molecule has 1 heterocycles. The predicted molar refractivity (Wildman–Crippen MR) is 112 cm³/mol. The van der Waals surface area contributed by atoms with E-state index < -0.39 is 0 Å². The van der Waals surface area contributed by atoms with Gasteiger partial charge in [0, 0.05) is 17.5 Å². The van der Waals surface area contributed by atoms with Gasteiger partial charge in [-0.2, -0.15) is 0 Å². The van der Waals surface area contributed by atoms with Gasteiger partial charge >= 0.3 is 0 Å². The van der Waals surface area contributed by atoms with Crippen molar-refractivity contribution in [3.63, 3.8) is 0 Å². The monoisotopic (exact) mass is 410 g/mol. The molecule has 2 amide bonds. The van der Waals surface area contributed by atoms with Crippen LogP contribution in [0.15, 0.2) is 60.4 Å². The third-order valence-electron chi connectivity index (χ3n) is 5.45. The Morgan fingerprint density at radius 2 is 1.90 bits per heavy atom. The largest absolute Gasteiger partial charge is 0.483 e. The highest BCUT2D eigenvalue weighted by Gasteiger charge is 2.40. The Morgan fingerprint density at radius 3 is 2.66 bits per heavy atom. The van der Waals surface area contributed by atoms with Crippen molar-refractivity contribution < 1.29 is 14.3 Å². The van der Waals surface area contributed by atoms with E-state index in [2.05, 4.69) is 10.6 Å². The second-order valence-corrected chi connectivity index (χ2v) is 7.95. The minimum atomic E-state index is -0.244. The highest BCUT2D eigenvalue weighted by Crippen LogP contribution is 2.31. The molecule has 1 saturated heterocycles. The topological polar surface area (TPSA) is 67.4 Å². The molecule has 0 bridgehead atoms. The minimum absolute atomic E-state index is 0.0315. The lowest BCUT2D eigenvalue weighted by molar-refractivity contribution is -0.134. The van der Waals surface area contributed by atoms with Crippen LogP contribution >= 0.6 is 11.6 Å². The molecule has 2 aromatic carbocycles. The van der Waals surface area contributed by atoms with Gasteiger partial charge < -0.3 is 15.4 Å². The molecule has 1 aliphatic heterocycles. The number of hydrogen-bond donors (Lipinski definition) is 2. The fraction of sp³-hybridized carbons (Fsp3) is 0.304. The smallest absolute Gasteiger partial charge is 0.286 e. The highest BCUT2D eigenvalue weighted by atomic mass is 35.5.